The molecule has 0 radical (unpaired) electrons. The highest BCUT2D eigenvalue weighted by molar-refractivity contribution is 6.34. The van der Waals surface area contributed by atoms with E-state index >= 15 is 0 Å². The van der Waals surface area contributed by atoms with Crippen LogP contribution in [0.4, 0.5) is 5.69 Å². The predicted octanol–water partition coefficient (Wildman–Crippen LogP) is 5.31. The van der Waals surface area contributed by atoms with Gasteiger partial charge in [0.05, 0.1) is 16.4 Å². The van der Waals surface area contributed by atoms with Crippen LogP contribution in [-0.2, 0) is 6.54 Å². The number of anilines is 1. The van der Waals surface area contributed by atoms with Crippen molar-refractivity contribution in [3.63, 3.8) is 0 Å². The first-order valence-electron chi connectivity index (χ1n) is 9.73. The first kappa shape index (κ1) is 20.8. The number of nitrogens with zero attached hydrogens (tertiary/aromatic N) is 2. The zero-order valence-corrected chi connectivity index (χ0v) is 17.4. The van der Waals surface area contributed by atoms with E-state index < -0.39 is 5.91 Å². The average Bonchev–Trinajstić information content (AvgIpc) is 2.71. The van der Waals surface area contributed by atoms with Gasteiger partial charge in [0.1, 0.15) is 5.56 Å². The highest BCUT2D eigenvalue weighted by Gasteiger charge is 2.22. The molecule has 2 heterocycles. The summed E-state index contributed by atoms with van der Waals surface area (Å²) in [4.78, 5) is 30.3. The number of pyridine rings is 2. The lowest BCUT2D eigenvalue weighted by Gasteiger charge is -2.20. The van der Waals surface area contributed by atoms with Crippen LogP contribution in [0.2, 0.25) is 5.02 Å². The Morgan fingerprint density at radius 1 is 1.17 bits per heavy atom. The molecule has 0 aliphatic carbocycles. The number of amides is 1. The first-order chi connectivity index (χ1) is 14.0. The number of para-hydroxylation sites is 1. The van der Waals surface area contributed by atoms with Gasteiger partial charge in [0.15, 0.2) is 5.43 Å². The van der Waals surface area contributed by atoms with E-state index in [1.54, 1.807) is 42.7 Å². The molecule has 0 saturated heterocycles. The van der Waals surface area contributed by atoms with Crippen molar-refractivity contribution < 1.29 is 4.79 Å². The summed E-state index contributed by atoms with van der Waals surface area (Å²) < 4.78 is 2.04. The fourth-order valence-corrected chi connectivity index (χ4v) is 3.53. The monoisotopic (exact) mass is 409 g/mol. The minimum Gasteiger partial charge on any atom is -0.344 e. The lowest BCUT2D eigenvalue weighted by atomic mass is 10.0. The van der Waals surface area contributed by atoms with Crippen LogP contribution in [0.15, 0.2) is 59.7 Å². The maximum atomic E-state index is 13.2. The highest BCUT2D eigenvalue weighted by Crippen LogP contribution is 2.26. The molecule has 0 bridgehead atoms. The maximum absolute atomic E-state index is 13.2. The molecule has 0 fully saturated rings. The smallest absolute Gasteiger partial charge is 0.261 e. The predicted molar refractivity (Wildman–Crippen MR) is 118 cm³/mol. The van der Waals surface area contributed by atoms with Gasteiger partial charge in [-0.05, 0) is 37.6 Å². The van der Waals surface area contributed by atoms with Crippen LogP contribution in [0.1, 0.15) is 42.2 Å². The molecule has 2 aromatic heterocycles. The van der Waals surface area contributed by atoms with E-state index in [9.17, 15) is 9.59 Å². The van der Waals surface area contributed by atoms with Gasteiger partial charge in [-0.25, -0.2) is 0 Å². The van der Waals surface area contributed by atoms with Crippen LogP contribution in [0.3, 0.4) is 0 Å². The fraction of sp³-hybridized carbons (Fsp3) is 0.261. The van der Waals surface area contributed by atoms with Crippen LogP contribution in [0, 0.1) is 6.92 Å². The normalized spacial score (nSPS) is 10.7. The Kier molecular flexibility index (Phi) is 6.83. The molecule has 1 amide bonds. The molecule has 29 heavy (non-hydrogen) atoms. The third-order valence-corrected chi connectivity index (χ3v) is 5.12. The third-order valence-electron chi connectivity index (χ3n) is 4.79. The van der Waals surface area contributed by atoms with Gasteiger partial charge in [-0.3, -0.25) is 14.6 Å². The Morgan fingerprint density at radius 3 is 2.66 bits per heavy atom. The van der Waals surface area contributed by atoms with Crippen molar-refractivity contribution in [2.45, 2.75) is 39.7 Å². The van der Waals surface area contributed by atoms with Crippen LogP contribution < -0.4 is 10.7 Å². The van der Waals surface area contributed by atoms with Gasteiger partial charge < -0.3 is 9.88 Å². The van der Waals surface area contributed by atoms with Crippen molar-refractivity contribution in [3.8, 4) is 11.3 Å². The summed E-state index contributed by atoms with van der Waals surface area (Å²) in [6.07, 6.45) is 6.46. The quantitative estimate of drug-likeness (QED) is 0.537. The van der Waals surface area contributed by atoms with Crippen LogP contribution in [0.25, 0.3) is 11.3 Å². The largest absolute Gasteiger partial charge is 0.344 e. The number of carbonyl (C=O) groups excluding carboxylic acids is 1. The summed E-state index contributed by atoms with van der Waals surface area (Å²) in [5.74, 6) is -0.480. The maximum Gasteiger partial charge on any atom is 0.261 e. The van der Waals surface area contributed by atoms with Crippen molar-refractivity contribution in [1.82, 2.24) is 9.55 Å². The minimum atomic E-state index is -0.480. The van der Waals surface area contributed by atoms with Gasteiger partial charge in [0.25, 0.3) is 5.91 Å². The van der Waals surface area contributed by atoms with E-state index in [-0.39, 0.29) is 11.0 Å². The van der Waals surface area contributed by atoms with Crippen LogP contribution in [0.5, 0.6) is 0 Å². The molecule has 6 heteroatoms. The summed E-state index contributed by atoms with van der Waals surface area (Å²) in [6.45, 7) is 4.75. The molecule has 1 N–H and O–H groups in total. The number of hydrogen-bond acceptors (Lipinski definition) is 3. The average molecular weight is 410 g/mol. The number of aryl methyl sites for hydroxylation is 1. The summed E-state index contributed by atoms with van der Waals surface area (Å²) >= 11 is 6.19. The van der Waals surface area contributed by atoms with E-state index in [1.165, 1.54) is 6.07 Å². The van der Waals surface area contributed by atoms with Crippen molar-refractivity contribution in [2.24, 2.45) is 0 Å². The number of unbranched alkanes of at least 4 members (excludes halogenated alkanes) is 2. The number of benzene rings is 1. The lowest BCUT2D eigenvalue weighted by Crippen LogP contribution is -2.27. The van der Waals surface area contributed by atoms with Gasteiger partial charge >= 0.3 is 0 Å². The molecular weight excluding hydrogens is 386 g/mol. The Hall–Kier alpha value is -2.92. The van der Waals surface area contributed by atoms with Gasteiger partial charge in [0, 0.05) is 36.3 Å². The Labute approximate surface area is 175 Å². The Bertz CT molecular complexity index is 1060. The van der Waals surface area contributed by atoms with Crippen LogP contribution in [-0.4, -0.2) is 15.5 Å². The van der Waals surface area contributed by atoms with Crippen LogP contribution >= 0.6 is 11.6 Å². The SMILES string of the molecule is CCCCCn1c(C)cc(=O)c(C(=O)Nc2ccccc2Cl)c1-c1cccnc1. The number of aromatic nitrogens is 2. The topological polar surface area (TPSA) is 64.0 Å². The molecule has 0 unspecified atom stereocenters. The van der Waals surface area contributed by atoms with Crippen molar-refractivity contribution >= 4 is 23.2 Å². The number of nitrogens with one attached hydrogen (secondary N) is 1. The molecule has 5 nitrogen and oxygen atoms in total. The second-order valence-corrected chi connectivity index (χ2v) is 7.32. The summed E-state index contributed by atoms with van der Waals surface area (Å²) in [5.41, 5.74) is 2.38. The first-order valence-corrected chi connectivity index (χ1v) is 10.1. The van der Waals surface area contributed by atoms with E-state index in [2.05, 4.69) is 17.2 Å². The van der Waals surface area contributed by atoms with Gasteiger partial charge in [-0.15, -0.1) is 0 Å². The van der Waals surface area contributed by atoms with E-state index in [0.29, 0.717) is 16.4 Å². The summed E-state index contributed by atoms with van der Waals surface area (Å²) in [5, 5.41) is 3.20. The molecule has 0 saturated carbocycles. The Balaban J connectivity index is 2.14. The third kappa shape index (κ3) is 4.74. The van der Waals surface area contributed by atoms with E-state index in [0.717, 1.165) is 37.1 Å². The molecule has 3 aromatic rings. The minimum absolute atomic E-state index is 0.0972. The van der Waals surface area contributed by atoms with Crippen molar-refractivity contribution in [1.29, 1.82) is 0 Å². The lowest BCUT2D eigenvalue weighted by molar-refractivity contribution is 0.102. The van der Waals surface area contributed by atoms with E-state index in [4.69, 9.17) is 11.6 Å². The number of hydrogen-bond donors (Lipinski definition) is 1. The summed E-state index contributed by atoms with van der Waals surface area (Å²) in [6, 6.07) is 12.1. The van der Waals surface area contributed by atoms with Gasteiger partial charge in [0.2, 0.25) is 0 Å². The molecule has 0 aliphatic heterocycles. The molecule has 0 spiro atoms. The molecule has 0 atom stereocenters. The molecule has 0 aliphatic rings. The van der Waals surface area contributed by atoms with Gasteiger partial charge in [-0.1, -0.05) is 43.5 Å². The van der Waals surface area contributed by atoms with Gasteiger partial charge in [-0.2, -0.15) is 0 Å². The fourth-order valence-electron chi connectivity index (χ4n) is 3.35. The standard InChI is InChI=1S/C23H24ClN3O2/c1-3-4-7-13-27-16(2)14-20(28)21(22(27)17-9-8-12-25-15-17)23(29)26-19-11-6-5-10-18(19)24/h5-6,8-12,14-15H,3-4,7,13H2,1-2H3,(H,26,29). The summed E-state index contributed by atoms with van der Waals surface area (Å²) in [7, 11) is 0. The Morgan fingerprint density at radius 2 is 1.97 bits per heavy atom. The van der Waals surface area contributed by atoms with Crippen molar-refractivity contribution in [2.75, 3.05) is 5.32 Å². The zero-order chi connectivity index (χ0) is 20.8. The second-order valence-electron chi connectivity index (χ2n) is 6.91. The molecular formula is C23H24ClN3O2. The molecule has 150 valence electrons. The van der Waals surface area contributed by atoms with Crippen molar-refractivity contribution in [3.05, 3.63) is 81.4 Å². The molecule has 3 rings (SSSR count). The number of carbonyl (C=O) groups is 1. The number of halogens is 1. The number of rotatable bonds is 7. The van der Waals surface area contributed by atoms with E-state index in [1.807, 2.05) is 17.6 Å². The second kappa shape index (κ2) is 9.52. The highest BCUT2D eigenvalue weighted by atomic mass is 35.5. The zero-order valence-electron chi connectivity index (χ0n) is 16.6. The molecule has 1 aromatic carbocycles.